The molecule has 0 atom stereocenters. The molecule has 0 aromatic heterocycles. The monoisotopic (exact) mass is 387 g/mol. The molecular weight excluding hydrogens is 374 g/mol. The summed E-state index contributed by atoms with van der Waals surface area (Å²) in [4.78, 5) is 26.4. The number of carbonyl (C=O) groups is 2. The predicted molar refractivity (Wildman–Crippen MR) is 96.8 cm³/mol. The van der Waals surface area contributed by atoms with Crippen LogP contribution in [0.25, 0.3) is 6.08 Å². The van der Waals surface area contributed by atoms with Gasteiger partial charge in [0.15, 0.2) is 0 Å². The first-order chi connectivity index (χ1) is 11.0. The number of benzene rings is 2. The molecule has 0 bridgehead atoms. The maximum Gasteiger partial charge on any atom is 0.293 e. The smallest absolute Gasteiger partial charge is 0.268 e. The van der Waals surface area contributed by atoms with E-state index in [9.17, 15) is 9.59 Å². The molecule has 3 nitrogen and oxygen atoms in total. The molecule has 0 radical (unpaired) electrons. The first kappa shape index (κ1) is 16.0. The first-order valence-electron chi connectivity index (χ1n) is 7.10. The van der Waals surface area contributed by atoms with Crippen LogP contribution < -0.4 is 0 Å². The summed E-state index contributed by atoms with van der Waals surface area (Å²) in [6.07, 6.45) is 1.79. The normalized spacial score (nSPS) is 16.4. The molecule has 0 aliphatic carbocycles. The lowest BCUT2D eigenvalue weighted by atomic mass is 10.1. The highest BCUT2D eigenvalue weighted by molar-refractivity contribution is 9.10. The van der Waals surface area contributed by atoms with Crippen molar-refractivity contribution in [2.24, 2.45) is 0 Å². The zero-order chi connectivity index (χ0) is 16.4. The van der Waals surface area contributed by atoms with Crippen molar-refractivity contribution >= 4 is 44.9 Å². The Morgan fingerprint density at radius 3 is 2.48 bits per heavy atom. The van der Waals surface area contributed by atoms with Gasteiger partial charge in [-0.3, -0.25) is 14.5 Å². The van der Waals surface area contributed by atoms with Crippen LogP contribution in [-0.2, 0) is 11.3 Å². The van der Waals surface area contributed by atoms with Gasteiger partial charge in [-0.1, -0.05) is 52.3 Å². The third-order valence-electron chi connectivity index (χ3n) is 3.60. The van der Waals surface area contributed by atoms with E-state index in [2.05, 4.69) is 15.9 Å². The standard InChI is InChI=1S/C18H14BrNO2S/c1-12-4-2-3-5-14(12)10-16-17(21)20(18(22)23-16)11-13-6-8-15(19)9-7-13/h2-10H,11H2,1H3/b16-10-. The summed E-state index contributed by atoms with van der Waals surface area (Å²) in [6.45, 7) is 2.28. The maximum absolute atomic E-state index is 12.5. The fourth-order valence-corrected chi connectivity index (χ4v) is 3.39. The van der Waals surface area contributed by atoms with Crippen LogP contribution in [0.2, 0.25) is 0 Å². The van der Waals surface area contributed by atoms with E-state index in [0.29, 0.717) is 11.4 Å². The number of amides is 2. The van der Waals surface area contributed by atoms with Crippen LogP contribution >= 0.6 is 27.7 Å². The zero-order valence-electron chi connectivity index (χ0n) is 12.5. The highest BCUT2D eigenvalue weighted by Crippen LogP contribution is 2.33. The lowest BCUT2D eigenvalue weighted by Gasteiger charge is -2.12. The highest BCUT2D eigenvalue weighted by atomic mass is 79.9. The van der Waals surface area contributed by atoms with Gasteiger partial charge in [0.2, 0.25) is 0 Å². The Hall–Kier alpha value is -1.85. The fourth-order valence-electron chi connectivity index (χ4n) is 2.30. The number of hydrogen-bond acceptors (Lipinski definition) is 3. The van der Waals surface area contributed by atoms with E-state index in [-0.39, 0.29) is 11.1 Å². The number of carbonyl (C=O) groups excluding carboxylic acids is 2. The number of halogens is 1. The topological polar surface area (TPSA) is 37.4 Å². The van der Waals surface area contributed by atoms with E-state index in [1.807, 2.05) is 55.5 Å². The van der Waals surface area contributed by atoms with E-state index >= 15 is 0 Å². The first-order valence-corrected chi connectivity index (χ1v) is 8.71. The maximum atomic E-state index is 12.5. The van der Waals surface area contributed by atoms with Crippen molar-refractivity contribution in [1.82, 2.24) is 4.90 Å². The van der Waals surface area contributed by atoms with Gasteiger partial charge in [-0.2, -0.15) is 0 Å². The van der Waals surface area contributed by atoms with Crippen molar-refractivity contribution in [3.05, 3.63) is 74.6 Å². The summed E-state index contributed by atoms with van der Waals surface area (Å²) in [5.41, 5.74) is 2.96. The van der Waals surface area contributed by atoms with Crippen molar-refractivity contribution in [2.45, 2.75) is 13.5 Å². The quantitative estimate of drug-likeness (QED) is 0.695. The Bertz CT molecular complexity index is 799. The molecule has 1 fully saturated rings. The molecule has 116 valence electrons. The third kappa shape index (κ3) is 3.57. The minimum Gasteiger partial charge on any atom is -0.268 e. The highest BCUT2D eigenvalue weighted by Gasteiger charge is 2.34. The Labute approximate surface area is 147 Å². The molecule has 1 aliphatic heterocycles. The van der Waals surface area contributed by atoms with Crippen LogP contribution in [0.15, 0.2) is 57.9 Å². The van der Waals surface area contributed by atoms with Crippen molar-refractivity contribution in [3.8, 4) is 0 Å². The lowest BCUT2D eigenvalue weighted by molar-refractivity contribution is -0.123. The van der Waals surface area contributed by atoms with Gasteiger partial charge in [-0.25, -0.2) is 0 Å². The molecule has 0 unspecified atom stereocenters. The number of imide groups is 1. The summed E-state index contributed by atoms with van der Waals surface area (Å²) < 4.78 is 0.967. The molecule has 0 spiro atoms. The van der Waals surface area contributed by atoms with E-state index < -0.39 is 0 Å². The fraction of sp³-hybridized carbons (Fsp3) is 0.111. The van der Waals surface area contributed by atoms with Gasteiger partial charge >= 0.3 is 0 Å². The van der Waals surface area contributed by atoms with Gasteiger partial charge in [-0.05, 0) is 53.6 Å². The summed E-state index contributed by atoms with van der Waals surface area (Å²) in [7, 11) is 0. The number of nitrogens with zero attached hydrogens (tertiary/aromatic N) is 1. The van der Waals surface area contributed by atoms with Crippen LogP contribution in [-0.4, -0.2) is 16.0 Å². The summed E-state index contributed by atoms with van der Waals surface area (Å²) in [6, 6.07) is 15.4. The largest absolute Gasteiger partial charge is 0.293 e. The molecule has 0 N–H and O–H groups in total. The van der Waals surface area contributed by atoms with E-state index in [1.54, 1.807) is 6.08 Å². The molecule has 0 saturated carbocycles. The molecule has 1 heterocycles. The molecule has 2 aromatic carbocycles. The van der Waals surface area contributed by atoms with Crippen LogP contribution in [0.5, 0.6) is 0 Å². The van der Waals surface area contributed by atoms with Gasteiger partial charge < -0.3 is 0 Å². The van der Waals surface area contributed by atoms with Crippen LogP contribution in [0.1, 0.15) is 16.7 Å². The second kappa shape index (κ2) is 6.72. The van der Waals surface area contributed by atoms with Crippen molar-refractivity contribution < 1.29 is 9.59 Å². The Morgan fingerprint density at radius 1 is 1.09 bits per heavy atom. The average Bonchev–Trinajstić information content (AvgIpc) is 2.79. The molecular formula is C18H14BrNO2S. The number of rotatable bonds is 3. The molecule has 2 aromatic rings. The molecule has 23 heavy (non-hydrogen) atoms. The van der Waals surface area contributed by atoms with Crippen LogP contribution in [0, 0.1) is 6.92 Å². The Morgan fingerprint density at radius 2 is 1.78 bits per heavy atom. The number of hydrogen-bond donors (Lipinski definition) is 0. The van der Waals surface area contributed by atoms with Crippen LogP contribution in [0.4, 0.5) is 4.79 Å². The van der Waals surface area contributed by atoms with Gasteiger partial charge in [0.25, 0.3) is 11.1 Å². The van der Waals surface area contributed by atoms with Crippen LogP contribution in [0.3, 0.4) is 0 Å². The molecule has 3 rings (SSSR count). The van der Waals surface area contributed by atoms with Gasteiger partial charge in [0.05, 0.1) is 11.4 Å². The Kier molecular flexibility index (Phi) is 4.68. The molecule has 1 saturated heterocycles. The van der Waals surface area contributed by atoms with E-state index in [0.717, 1.165) is 32.9 Å². The van der Waals surface area contributed by atoms with Crippen molar-refractivity contribution in [1.29, 1.82) is 0 Å². The van der Waals surface area contributed by atoms with E-state index in [1.165, 1.54) is 4.90 Å². The lowest BCUT2D eigenvalue weighted by Crippen LogP contribution is -2.27. The summed E-state index contributed by atoms with van der Waals surface area (Å²) in [5, 5.41) is -0.224. The second-order valence-electron chi connectivity index (χ2n) is 5.25. The van der Waals surface area contributed by atoms with E-state index in [4.69, 9.17) is 0 Å². The third-order valence-corrected chi connectivity index (χ3v) is 5.04. The van der Waals surface area contributed by atoms with Gasteiger partial charge in [0, 0.05) is 4.47 Å². The van der Waals surface area contributed by atoms with Gasteiger partial charge in [-0.15, -0.1) is 0 Å². The molecule has 1 aliphatic rings. The minimum atomic E-state index is -0.230. The summed E-state index contributed by atoms with van der Waals surface area (Å²) >= 11 is 4.37. The van der Waals surface area contributed by atoms with Gasteiger partial charge in [0.1, 0.15) is 0 Å². The number of aryl methyl sites for hydroxylation is 1. The molecule has 5 heteroatoms. The SMILES string of the molecule is Cc1ccccc1/C=C1\SC(=O)N(Cc2ccc(Br)cc2)C1=O. The number of thioether (sulfide) groups is 1. The van der Waals surface area contributed by atoms with Crippen molar-refractivity contribution in [2.75, 3.05) is 0 Å². The second-order valence-corrected chi connectivity index (χ2v) is 7.16. The summed E-state index contributed by atoms with van der Waals surface area (Å²) in [5.74, 6) is -0.230. The average molecular weight is 388 g/mol. The Balaban J connectivity index is 1.82. The van der Waals surface area contributed by atoms with Crippen molar-refractivity contribution in [3.63, 3.8) is 0 Å². The zero-order valence-corrected chi connectivity index (χ0v) is 14.9. The minimum absolute atomic E-state index is 0.224. The predicted octanol–water partition coefficient (Wildman–Crippen LogP) is 4.99. The molecule has 2 amide bonds.